The van der Waals surface area contributed by atoms with Gasteiger partial charge in [-0.15, -0.1) is 0 Å². The Hall–Kier alpha value is -0.540. The van der Waals surface area contributed by atoms with Crippen LogP contribution in [-0.2, 0) is 0 Å². The summed E-state index contributed by atoms with van der Waals surface area (Å²) in [7, 11) is 0. The van der Waals surface area contributed by atoms with Gasteiger partial charge in [-0.05, 0) is 63.4 Å². The first-order valence-electron chi connectivity index (χ1n) is 7.35. The van der Waals surface area contributed by atoms with Gasteiger partial charge in [0.15, 0.2) is 0 Å². The number of halogens is 1. The zero-order valence-corrected chi connectivity index (χ0v) is 13.8. The monoisotopic (exact) mass is 324 g/mol. The SMILES string of the molecule is CCN1CCCC(C(C)Nc2cc(Br)ccc2C)C1. The molecule has 2 unspecified atom stereocenters. The topological polar surface area (TPSA) is 15.3 Å². The van der Waals surface area contributed by atoms with E-state index in [2.05, 4.69) is 65.1 Å². The van der Waals surface area contributed by atoms with Gasteiger partial charge in [-0.1, -0.05) is 28.9 Å². The molecule has 0 bridgehead atoms. The summed E-state index contributed by atoms with van der Waals surface area (Å²) >= 11 is 3.55. The lowest BCUT2D eigenvalue weighted by molar-refractivity contribution is 0.172. The van der Waals surface area contributed by atoms with Crippen LogP contribution in [0, 0.1) is 12.8 Å². The quantitative estimate of drug-likeness (QED) is 0.888. The van der Waals surface area contributed by atoms with E-state index in [0.717, 1.165) is 10.4 Å². The highest BCUT2D eigenvalue weighted by molar-refractivity contribution is 9.10. The number of nitrogens with zero attached hydrogens (tertiary/aromatic N) is 1. The van der Waals surface area contributed by atoms with Gasteiger partial charge < -0.3 is 10.2 Å². The first-order chi connectivity index (χ1) is 9.10. The molecule has 1 aliphatic heterocycles. The number of nitrogens with one attached hydrogen (secondary N) is 1. The minimum atomic E-state index is 0.530. The molecular formula is C16H25BrN2. The summed E-state index contributed by atoms with van der Waals surface area (Å²) in [6.07, 6.45) is 2.68. The van der Waals surface area contributed by atoms with Gasteiger partial charge in [-0.3, -0.25) is 0 Å². The van der Waals surface area contributed by atoms with Crippen molar-refractivity contribution in [3.8, 4) is 0 Å². The molecule has 1 aromatic carbocycles. The van der Waals surface area contributed by atoms with E-state index in [1.165, 1.54) is 43.7 Å². The van der Waals surface area contributed by atoms with Gasteiger partial charge in [0.1, 0.15) is 0 Å². The molecule has 2 rings (SSSR count). The number of anilines is 1. The Morgan fingerprint density at radius 2 is 2.26 bits per heavy atom. The molecule has 0 radical (unpaired) electrons. The predicted molar refractivity (Wildman–Crippen MR) is 86.8 cm³/mol. The fourth-order valence-corrected chi connectivity index (χ4v) is 3.26. The largest absolute Gasteiger partial charge is 0.382 e. The van der Waals surface area contributed by atoms with E-state index in [9.17, 15) is 0 Å². The van der Waals surface area contributed by atoms with Crippen molar-refractivity contribution in [3.63, 3.8) is 0 Å². The Morgan fingerprint density at radius 3 is 3.00 bits per heavy atom. The molecule has 0 aliphatic carbocycles. The van der Waals surface area contributed by atoms with Gasteiger partial charge in [-0.2, -0.15) is 0 Å². The molecule has 0 saturated carbocycles. The van der Waals surface area contributed by atoms with Crippen molar-refractivity contribution in [2.45, 2.75) is 39.7 Å². The maximum absolute atomic E-state index is 3.71. The van der Waals surface area contributed by atoms with Gasteiger partial charge >= 0.3 is 0 Å². The minimum Gasteiger partial charge on any atom is -0.382 e. The molecule has 0 spiro atoms. The zero-order valence-electron chi connectivity index (χ0n) is 12.2. The third-order valence-electron chi connectivity index (χ3n) is 4.28. The fourth-order valence-electron chi connectivity index (χ4n) is 2.90. The molecule has 3 heteroatoms. The minimum absolute atomic E-state index is 0.530. The summed E-state index contributed by atoms with van der Waals surface area (Å²) in [5.74, 6) is 0.757. The van der Waals surface area contributed by atoms with Crippen LogP contribution >= 0.6 is 15.9 Å². The van der Waals surface area contributed by atoms with Crippen LogP contribution in [-0.4, -0.2) is 30.6 Å². The summed E-state index contributed by atoms with van der Waals surface area (Å²) in [4.78, 5) is 2.57. The van der Waals surface area contributed by atoms with Crippen molar-refractivity contribution < 1.29 is 0 Å². The molecular weight excluding hydrogens is 300 g/mol. The molecule has 0 amide bonds. The molecule has 1 aliphatic rings. The number of hydrogen-bond donors (Lipinski definition) is 1. The Kier molecular flexibility index (Phi) is 5.28. The highest BCUT2D eigenvalue weighted by Crippen LogP contribution is 2.25. The normalized spacial score (nSPS) is 22.2. The molecule has 1 aromatic rings. The van der Waals surface area contributed by atoms with Crippen LogP contribution in [0.1, 0.15) is 32.3 Å². The Labute approximate surface area is 125 Å². The summed E-state index contributed by atoms with van der Waals surface area (Å²) in [6.45, 7) is 10.4. The number of rotatable bonds is 4. The average molecular weight is 325 g/mol. The third-order valence-corrected chi connectivity index (χ3v) is 4.77. The fraction of sp³-hybridized carbons (Fsp3) is 0.625. The first kappa shape index (κ1) is 14.9. The van der Waals surface area contributed by atoms with Gasteiger partial charge in [0, 0.05) is 22.7 Å². The standard InChI is InChI=1S/C16H25BrN2/c1-4-19-9-5-6-14(11-19)13(3)18-16-10-15(17)8-7-12(16)2/h7-8,10,13-14,18H,4-6,9,11H2,1-3H3. The molecule has 19 heavy (non-hydrogen) atoms. The Bertz CT molecular complexity index is 419. The molecule has 1 fully saturated rings. The summed E-state index contributed by atoms with van der Waals surface area (Å²) in [6, 6.07) is 6.98. The molecule has 0 aromatic heterocycles. The van der Waals surface area contributed by atoms with Crippen LogP contribution in [0.25, 0.3) is 0 Å². The third kappa shape index (κ3) is 3.96. The van der Waals surface area contributed by atoms with Crippen LogP contribution in [0.15, 0.2) is 22.7 Å². The van der Waals surface area contributed by atoms with E-state index in [-0.39, 0.29) is 0 Å². The van der Waals surface area contributed by atoms with Gasteiger partial charge in [0.05, 0.1) is 0 Å². The molecule has 2 atom stereocenters. The van der Waals surface area contributed by atoms with Gasteiger partial charge in [0.2, 0.25) is 0 Å². The lowest BCUT2D eigenvalue weighted by Crippen LogP contribution is -2.41. The van der Waals surface area contributed by atoms with E-state index in [1.54, 1.807) is 0 Å². The van der Waals surface area contributed by atoms with Crippen LogP contribution in [0.5, 0.6) is 0 Å². The number of piperidine rings is 1. The number of hydrogen-bond acceptors (Lipinski definition) is 2. The molecule has 2 nitrogen and oxygen atoms in total. The van der Waals surface area contributed by atoms with Crippen LogP contribution in [0.3, 0.4) is 0 Å². The van der Waals surface area contributed by atoms with Crippen molar-refractivity contribution in [3.05, 3.63) is 28.2 Å². The van der Waals surface area contributed by atoms with Crippen molar-refractivity contribution >= 4 is 21.6 Å². The van der Waals surface area contributed by atoms with E-state index in [0.29, 0.717) is 6.04 Å². The summed E-state index contributed by atoms with van der Waals surface area (Å²) < 4.78 is 1.15. The first-order valence-corrected chi connectivity index (χ1v) is 8.14. The zero-order chi connectivity index (χ0) is 13.8. The highest BCUT2D eigenvalue weighted by Gasteiger charge is 2.23. The summed E-state index contributed by atoms with van der Waals surface area (Å²) in [5, 5.41) is 3.71. The molecule has 106 valence electrons. The second-order valence-corrected chi connectivity index (χ2v) is 6.60. The van der Waals surface area contributed by atoms with E-state index < -0.39 is 0 Å². The maximum atomic E-state index is 3.71. The predicted octanol–water partition coefficient (Wildman–Crippen LogP) is 4.29. The number of likely N-dealkylation sites (tertiary alicyclic amines) is 1. The highest BCUT2D eigenvalue weighted by atomic mass is 79.9. The van der Waals surface area contributed by atoms with Crippen LogP contribution in [0.2, 0.25) is 0 Å². The second kappa shape index (κ2) is 6.76. The molecule has 1 saturated heterocycles. The van der Waals surface area contributed by atoms with Gasteiger partial charge in [-0.25, -0.2) is 0 Å². The summed E-state index contributed by atoms with van der Waals surface area (Å²) in [5.41, 5.74) is 2.58. The molecule has 1 heterocycles. The maximum Gasteiger partial charge on any atom is 0.0383 e. The van der Waals surface area contributed by atoms with Crippen molar-refractivity contribution in [2.24, 2.45) is 5.92 Å². The Morgan fingerprint density at radius 1 is 1.47 bits per heavy atom. The van der Waals surface area contributed by atoms with Crippen LogP contribution in [0.4, 0.5) is 5.69 Å². The van der Waals surface area contributed by atoms with Crippen molar-refractivity contribution in [1.82, 2.24) is 4.90 Å². The van der Waals surface area contributed by atoms with E-state index >= 15 is 0 Å². The lowest BCUT2D eigenvalue weighted by atomic mass is 9.91. The van der Waals surface area contributed by atoms with E-state index in [1.807, 2.05) is 0 Å². The number of benzene rings is 1. The van der Waals surface area contributed by atoms with Gasteiger partial charge in [0.25, 0.3) is 0 Å². The van der Waals surface area contributed by atoms with Crippen LogP contribution < -0.4 is 5.32 Å². The Balaban J connectivity index is 2.00. The van der Waals surface area contributed by atoms with Crippen molar-refractivity contribution in [1.29, 1.82) is 0 Å². The lowest BCUT2D eigenvalue weighted by Gasteiger charge is -2.36. The number of aryl methyl sites for hydroxylation is 1. The second-order valence-electron chi connectivity index (χ2n) is 5.69. The molecule has 1 N–H and O–H groups in total. The smallest absolute Gasteiger partial charge is 0.0383 e. The van der Waals surface area contributed by atoms with E-state index in [4.69, 9.17) is 0 Å². The average Bonchev–Trinajstić information content (AvgIpc) is 2.43. The van der Waals surface area contributed by atoms with Crippen molar-refractivity contribution in [2.75, 3.05) is 25.0 Å².